The van der Waals surface area contributed by atoms with E-state index in [0.29, 0.717) is 0 Å². The molecule has 0 radical (unpaired) electrons. The van der Waals surface area contributed by atoms with Gasteiger partial charge in [-0.3, -0.25) is 9.69 Å². The Bertz CT molecular complexity index is 1030. The number of pyridine rings is 1. The van der Waals surface area contributed by atoms with Gasteiger partial charge in [0, 0.05) is 37.0 Å². The first-order valence-corrected chi connectivity index (χ1v) is 9.36. The summed E-state index contributed by atoms with van der Waals surface area (Å²) in [5, 5.41) is 1.87. The van der Waals surface area contributed by atoms with Gasteiger partial charge in [0.25, 0.3) is 5.56 Å². The summed E-state index contributed by atoms with van der Waals surface area (Å²) < 4.78 is 5.44. The van der Waals surface area contributed by atoms with E-state index in [4.69, 9.17) is 4.74 Å². The van der Waals surface area contributed by atoms with Crippen molar-refractivity contribution in [3.05, 3.63) is 69.5 Å². The molecule has 0 atom stereocenters. The SMILES string of the molecule is O=c1[nH]c2c(c3ccccc13)Cc1c(CCN3CCOCC3)cccc1-2. The lowest BCUT2D eigenvalue weighted by atomic mass is 9.99. The van der Waals surface area contributed by atoms with Crippen LogP contribution in [0.15, 0.2) is 47.3 Å². The number of benzene rings is 2. The zero-order valence-electron chi connectivity index (χ0n) is 14.8. The molecule has 2 aromatic carbocycles. The Morgan fingerprint density at radius 2 is 1.77 bits per heavy atom. The Balaban J connectivity index is 1.52. The predicted molar refractivity (Wildman–Crippen MR) is 104 cm³/mol. The number of hydrogen-bond donors (Lipinski definition) is 1. The quantitative estimate of drug-likeness (QED) is 0.620. The van der Waals surface area contributed by atoms with Crippen LogP contribution in [-0.4, -0.2) is 42.7 Å². The first-order chi connectivity index (χ1) is 12.8. The highest BCUT2D eigenvalue weighted by atomic mass is 16.5. The smallest absolute Gasteiger partial charge is 0.256 e. The summed E-state index contributed by atoms with van der Waals surface area (Å²) >= 11 is 0. The van der Waals surface area contributed by atoms with E-state index < -0.39 is 0 Å². The number of nitrogens with zero attached hydrogens (tertiary/aromatic N) is 1. The van der Waals surface area contributed by atoms with Crippen molar-refractivity contribution >= 4 is 10.8 Å². The van der Waals surface area contributed by atoms with E-state index in [9.17, 15) is 4.79 Å². The number of nitrogens with one attached hydrogen (secondary N) is 1. The van der Waals surface area contributed by atoms with Crippen LogP contribution < -0.4 is 5.56 Å². The van der Waals surface area contributed by atoms with E-state index in [-0.39, 0.29) is 5.56 Å². The Kier molecular flexibility index (Phi) is 3.88. The minimum absolute atomic E-state index is 0.00548. The number of rotatable bonds is 3. The van der Waals surface area contributed by atoms with Gasteiger partial charge in [-0.2, -0.15) is 0 Å². The summed E-state index contributed by atoms with van der Waals surface area (Å²) in [6.45, 7) is 4.78. The zero-order valence-corrected chi connectivity index (χ0v) is 14.8. The number of fused-ring (bicyclic) bond motifs is 5. The molecule has 4 nitrogen and oxygen atoms in total. The molecule has 26 heavy (non-hydrogen) atoms. The van der Waals surface area contributed by atoms with Crippen molar-refractivity contribution in [1.29, 1.82) is 0 Å². The van der Waals surface area contributed by atoms with Crippen LogP contribution in [0, 0.1) is 0 Å². The first kappa shape index (κ1) is 15.8. The summed E-state index contributed by atoms with van der Waals surface area (Å²) in [5.74, 6) is 0. The molecule has 1 aliphatic carbocycles. The lowest BCUT2D eigenvalue weighted by Gasteiger charge is -2.26. The van der Waals surface area contributed by atoms with Crippen molar-refractivity contribution in [1.82, 2.24) is 9.88 Å². The summed E-state index contributed by atoms with van der Waals surface area (Å²) in [7, 11) is 0. The van der Waals surface area contributed by atoms with Gasteiger partial charge in [-0.05, 0) is 34.6 Å². The Labute approximate surface area is 152 Å². The molecular weight excluding hydrogens is 324 g/mol. The molecule has 2 aliphatic rings. The largest absolute Gasteiger partial charge is 0.379 e. The van der Waals surface area contributed by atoms with Crippen LogP contribution in [0.2, 0.25) is 0 Å². The average Bonchev–Trinajstić information content (AvgIpc) is 3.07. The topological polar surface area (TPSA) is 45.3 Å². The maximum atomic E-state index is 12.5. The van der Waals surface area contributed by atoms with E-state index in [1.807, 2.05) is 18.2 Å². The molecule has 1 N–H and O–H groups in total. The van der Waals surface area contributed by atoms with Crippen molar-refractivity contribution in [2.24, 2.45) is 0 Å². The third kappa shape index (κ3) is 2.57. The Morgan fingerprint density at radius 1 is 0.962 bits per heavy atom. The van der Waals surface area contributed by atoms with Gasteiger partial charge < -0.3 is 9.72 Å². The van der Waals surface area contributed by atoms with Crippen molar-refractivity contribution in [3.8, 4) is 11.3 Å². The van der Waals surface area contributed by atoms with Crippen molar-refractivity contribution in [2.75, 3.05) is 32.8 Å². The van der Waals surface area contributed by atoms with E-state index in [1.165, 1.54) is 22.3 Å². The van der Waals surface area contributed by atoms with E-state index >= 15 is 0 Å². The van der Waals surface area contributed by atoms with Gasteiger partial charge >= 0.3 is 0 Å². The molecule has 2 heterocycles. The number of H-pyrrole nitrogens is 1. The van der Waals surface area contributed by atoms with Crippen LogP contribution in [0.5, 0.6) is 0 Å². The van der Waals surface area contributed by atoms with Gasteiger partial charge in [-0.1, -0.05) is 36.4 Å². The summed E-state index contributed by atoms with van der Waals surface area (Å²) in [6, 6.07) is 14.4. The molecule has 4 heteroatoms. The number of morpholine rings is 1. The predicted octanol–water partition coefficient (Wildman–Crippen LogP) is 2.97. The molecule has 0 unspecified atom stereocenters. The highest BCUT2D eigenvalue weighted by Crippen LogP contribution is 2.39. The van der Waals surface area contributed by atoms with Crippen LogP contribution in [0.3, 0.4) is 0 Å². The van der Waals surface area contributed by atoms with Gasteiger partial charge in [0.2, 0.25) is 0 Å². The van der Waals surface area contributed by atoms with Gasteiger partial charge in [-0.15, -0.1) is 0 Å². The van der Waals surface area contributed by atoms with Crippen LogP contribution in [0.4, 0.5) is 0 Å². The molecule has 0 spiro atoms. The van der Waals surface area contributed by atoms with E-state index in [2.05, 4.69) is 34.1 Å². The van der Waals surface area contributed by atoms with Crippen molar-refractivity contribution in [3.63, 3.8) is 0 Å². The Hall–Kier alpha value is -2.43. The van der Waals surface area contributed by atoms with E-state index in [0.717, 1.165) is 62.2 Å². The van der Waals surface area contributed by atoms with Crippen LogP contribution in [0.1, 0.15) is 16.7 Å². The third-order valence-electron chi connectivity index (χ3n) is 5.73. The van der Waals surface area contributed by atoms with Crippen molar-refractivity contribution in [2.45, 2.75) is 12.8 Å². The molecule has 0 bridgehead atoms. The molecule has 1 fully saturated rings. The van der Waals surface area contributed by atoms with Gasteiger partial charge in [0.1, 0.15) is 0 Å². The monoisotopic (exact) mass is 346 g/mol. The fourth-order valence-corrected chi connectivity index (χ4v) is 4.34. The second kappa shape index (κ2) is 6.38. The molecule has 1 aliphatic heterocycles. The van der Waals surface area contributed by atoms with Gasteiger partial charge in [-0.25, -0.2) is 0 Å². The average molecular weight is 346 g/mol. The number of hydrogen-bond acceptors (Lipinski definition) is 3. The highest BCUT2D eigenvalue weighted by molar-refractivity contribution is 5.93. The fourth-order valence-electron chi connectivity index (χ4n) is 4.34. The summed E-state index contributed by atoms with van der Waals surface area (Å²) in [5.41, 5.74) is 6.25. The maximum absolute atomic E-state index is 12.5. The molecule has 5 rings (SSSR count). The minimum Gasteiger partial charge on any atom is -0.379 e. The molecule has 3 aromatic rings. The molecular formula is C22H22N2O2. The fraction of sp³-hybridized carbons (Fsp3) is 0.318. The van der Waals surface area contributed by atoms with Gasteiger partial charge in [0.15, 0.2) is 0 Å². The van der Waals surface area contributed by atoms with Crippen LogP contribution in [-0.2, 0) is 17.6 Å². The molecule has 132 valence electrons. The lowest BCUT2D eigenvalue weighted by molar-refractivity contribution is 0.0384. The van der Waals surface area contributed by atoms with Gasteiger partial charge in [0.05, 0.1) is 18.9 Å². The zero-order chi connectivity index (χ0) is 17.5. The first-order valence-electron chi connectivity index (χ1n) is 9.36. The normalized spacial score (nSPS) is 16.6. The van der Waals surface area contributed by atoms with Crippen LogP contribution in [0.25, 0.3) is 22.0 Å². The second-order valence-electron chi connectivity index (χ2n) is 7.18. The van der Waals surface area contributed by atoms with E-state index in [1.54, 1.807) is 0 Å². The summed E-state index contributed by atoms with van der Waals surface area (Å²) in [6.07, 6.45) is 1.95. The molecule has 1 saturated heterocycles. The number of ether oxygens (including phenoxy) is 1. The highest BCUT2D eigenvalue weighted by Gasteiger charge is 2.24. The molecule has 0 saturated carbocycles. The standard InChI is InChI=1S/C22H22N2O2/c25-22-18-6-2-1-5-16(18)20-14-19-15(4-3-7-17(19)21(20)23-22)8-9-24-10-12-26-13-11-24/h1-7H,8-14H2,(H,23,25). The Morgan fingerprint density at radius 3 is 2.62 bits per heavy atom. The van der Waals surface area contributed by atoms with Crippen molar-refractivity contribution < 1.29 is 4.74 Å². The molecule has 1 aromatic heterocycles. The number of aromatic amines is 1. The van der Waals surface area contributed by atoms with Crippen LogP contribution >= 0.6 is 0 Å². The third-order valence-corrected chi connectivity index (χ3v) is 5.73. The second-order valence-corrected chi connectivity index (χ2v) is 7.18. The summed E-state index contributed by atoms with van der Waals surface area (Å²) in [4.78, 5) is 18.1. The maximum Gasteiger partial charge on any atom is 0.256 e. The number of aromatic nitrogens is 1. The molecule has 0 amide bonds. The lowest BCUT2D eigenvalue weighted by Crippen LogP contribution is -2.37. The minimum atomic E-state index is 0.00548.